The van der Waals surface area contributed by atoms with E-state index in [1.807, 2.05) is 0 Å². The number of benzene rings is 1. The van der Waals surface area contributed by atoms with Crippen LogP contribution >= 0.6 is 11.3 Å². The van der Waals surface area contributed by atoms with Gasteiger partial charge in [-0.25, -0.2) is 4.98 Å². The molecule has 0 unspecified atom stereocenters. The van der Waals surface area contributed by atoms with E-state index in [1.54, 1.807) is 22.5 Å². The number of nitrogen functional groups attached to an aromatic ring is 1. The number of hydrogen-bond acceptors (Lipinski definition) is 3. The third kappa shape index (κ3) is 2.16. The van der Waals surface area contributed by atoms with Crippen molar-refractivity contribution < 1.29 is 0 Å². The molecule has 4 rings (SSSR count). The topological polar surface area (TPSA) is 38.9 Å². The van der Waals surface area contributed by atoms with E-state index in [1.165, 1.54) is 48.2 Å². The lowest BCUT2D eigenvalue weighted by Crippen LogP contribution is -1.93. The van der Waals surface area contributed by atoms with Crippen LogP contribution in [0.3, 0.4) is 0 Å². The molecule has 0 bridgehead atoms. The van der Waals surface area contributed by atoms with Crippen LogP contribution in [-0.4, -0.2) is 4.98 Å². The second-order valence-electron chi connectivity index (χ2n) is 5.77. The summed E-state index contributed by atoms with van der Waals surface area (Å²) in [6.07, 6.45) is 7.42. The van der Waals surface area contributed by atoms with Crippen molar-refractivity contribution in [2.45, 2.75) is 44.4 Å². The molecule has 0 atom stereocenters. The van der Waals surface area contributed by atoms with Gasteiger partial charge in [-0.3, -0.25) is 0 Å². The molecule has 1 aromatic heterocycles. The number of fused-ring (bicyclic) bond motifs is 1. The molecule has 3 heteroatoms. The third-order valence-electron chi connectivity index (χ3n) is 4.24. The smallest absolute Gasteiger partial charge is 0.180 e. The largest absolute Gasteiger partial charge is 0.375 e. The first-order valence-electron chi connectivity index (χ1n) is 7.15. The van der Waals surface area contributed by atoms with Crippen molar-refractivity contribution >= 4 is 16.5 Å². The van der Waals surface area contributed by atoms with Gasteiger partial charge < -0.3 is 5.73 Å². The number of thiazole rings is 1. The minimum absolute atomic E-state index is 0.693. The van der Waals surface area contributed by atoms with Gasteiger partial charge in [0.2, 0.25) is 0 Å². The first kappa shape index (κ1) is 11.5. The molecule has 2 N–H and O–H groups in total. The van der Waals surface area contributed by atoms with Crippen LogP contribution in [0.4, 0.5) is 5.13 Å². The van der Waals surface area contributed by atoms with E-state index in [0.717, 1.165) is 11.6 Å². The Labute approximate surface area is 117 Å². The molecule has 2 nitrogen and oxygen atoms in total. The maximum atomic E-state index is 5.90. The van der Waals surface area contributed by atoms with E-state index in [4.69, 9.17) is 5.73 Å². The molecular formula is C16H18N2S. The van der Waals surface area contributed by atoms with Gasteiger partial charge in [0.05, 0.1) is 5.69 Å². The van der Waals surface area contributed by atoms with Crippen molar-refractivity contribution in [2.75, 3.05) is 5.73 Å². The van der Waals surface area contributed by atoms with Gasteiger partial charge in [-0.15, -0.1) is 11.3 Å². The molecule has 98 valence electrons. The minimum atomic E-state index is 0.693. The fourth-order valence-electron chi connectivity index (χ4n) is 3.11. The van der Waals surface area contributed by atoms with Crippen LogP contribution in [0.25, 0.3) is 0 Å². The molecule has 0 aliphatic heterocycles. The molecule has 2 aromatic rings. The van der Waals surface area contributed by atoms with Crippen LogP contribution in [-0.2, 0) is 19.3 Å². The van der Waals surface area contributed by atoms with Gasteiger partial charge in [-0.1, -0.05) is 18.2 Å². The number of nitrogens with two attached hydrogens (primary N) is 1. The van der Waals surface area contributed by atoms with E-state index >= 15 is 0 Å². The van der Waals surface area contributed by atoms with Crippen molar-refractivity contribution in [3.8, 4) is 0 Å². The summed E-state index contributed by atoms with van der Waals surface area (Å²) in [7, 11) is 0. The summed E-state index contributed by atoms with van der Waals surface area (Å²) in [5.74, 6) is 0.693. The zero-order valence-electron chi connectivity index (χ0n) is 11.0. The molecule has 2 aliphatic carbocycles. The van der Waals surface area contributed by atoms with Gasteiger partial charge in [0.15, 0.2) is 5.13 Å². The van der Waals surface area contributed by atoms with Crippen molar-refractivity contribution in [3.05, 3.63) is 45.5 Å². The highest BCUT2D eigenvalue weighted by molar-refractivity contribution is 7.15. The molecule has 1 heterocycles. The summed E-state index contributed by atoms with van der Waals surface area (Å²) in [6.45, 7) is 0. The molecule has 1 saturated carbocycles. The maximum absolute atomic E-state index is 5.90. The van der Waals surface area contributed by atoms with Crippen molar-refractivity contribution in [3.63, 3.8) is 0 Å². The van der Waals surface area contributed by atoms with Crippen LogP contribution in [0.5, 0.6) is 0 Å². The summed E-state index contributed by atoms with van der Waals surface area (Å²) in [6, 6.07) is 7.00. The zero-order valence-corrected chi connectivity index (χ0v) is 11.8. The number of aromatic nitrogens is 1. The van der Waals surface area contributed by atoms with E-state index in [-0.39, 0.29) is 0 Å². The predicted molar refractivity (Wildman–Crippen MR) is 79.8 cm³/mol. The van der Waals surface area contributed by atoms with E-state index < -0.39 is 0 Å². The predicted octanol–water partition coefficient (Wildman–Crippen LogP) is 3.68. The summed E-state index contributed by atoms with van der Waals surface area (Å²) in [5, 5.41) is 0.734. The molecule has 0 spiro atoms. The van der Waals surface area contributed by atoms with Crippen molar-refractivity contribution in [1.82, 2.24) is 4.98 Å². The van der Waals surface area contributed by atoms with Gasteiger partial charge in [-0.2, -0.15) is 0 Å². The van der Waals surface area contributed by atoms with Gasteiger partial charge in [-0.05, 0) is 48.8 Å². The van der Waals surface area contributed by atoms with Crippen LogP contribution in [0.15, 0.2) is 18.2 Å². The van der Waals surface area contributed by atoms with E-state index in [9.17, 15) is 0 Å². The lowest BCUT2D eigenvalue weighted by Gasteiger charge is -2.05. The lowest BCUT2D eigenvalue weighted by atomic mass is 10.0. The Morgan fingerprint density at radius 1 is 1.21 bits per heavy atom. The van der Waals surface area contributed by atoms with Gasteiger partial charge in [0, 0.05) is 17.2 Å². The Bertz CT molecular complexity index is 626. The standard InChI is InChI=1S/C16H18N2S/c17-16-18-15(12-6-7-12)14(19-16)9-10-4-5-11-2-1-3-13(11)8-10/h4-5,8,12H,1-3,6-7,9H2,(H2,17,18). The van der Waals surface area contributed by atoms with Crippen LogP contribution in [0.2, 0.25) is 0 Å². The Hall–Kier alpha value is -1.35. The molecule has 1 fully saturated rings. The molecule has 1 aromatic carbocycles. The molecule has 19 heavy (non-hydrogen) atoms. The lowest BCUT2D eigenvalue weighted by molar-refractivity contribution is 0.911. The minimum Gasteiger partial charge on any atom is -0.375 e. The molecule has 2 aliphatic rings. The van der Waals surface area contributed by atoms with E-state index in [2.05, 4.69) is 23.2 Å². The average Bonchev–Trinajstić information content (AvgIpc) is 3.02. The highest BCUT2D eigenvalue weighted by Crippen LogP contribution is 2.43. The average molecular weight is 270 g/mol. The van der Waals surface area contributed by atoms with Crippen molar-refractivity contribution in [2.24, 2.45) is 0 Å². The maximum Gasteiger partial charge on any atom is 0.180 e. The number of aryl methyl sites for hydroxylation is 2. The molecular weight excluding hydrogens is 252 g/mol. The fraction of sp³-hybridized carbons (Fsp3) is 0.438. The summed E-state index contributed by atoms with van der Waals surface area (Å²) < 4.78 is 0. The van der Waals surface area contributed by atoms with Crippen LogP contribution in [0.1, 0.15) is 52.4 Å². The number of hydrogen-bond donors (Lipinski definition) is 1. The Morgan fingerprint density at radius 2 is 2.05 bits per heavy atom. The SMILES string of the molecule is Nc1nc(C2CC2)c(Cc2ccc3c(c2)CCC3)s1. The van der Waals surface area contributed by atoms with Crippen LogP contribution in [0, 0.1) is 0 Å². The van der Waals surface area contributed by atoms with E-state index in [0.29, 0.717) is 5.92 Å². The molecule has 0 saturated heterocycles. The number of anilines is 1. The highest BCUT2D eigenvalue weighted by atomic mass is 32.1. The summed E-state index contributed by atoms with van der Waals surface area (Å²) in [5.41, 5.74) is 11.7. The Kier molecular flexibility index (Phi) is 2.62. The zero-order chi connectivity index (χ0) is 12.8. The normalized spacial score (nSPS) is 17.7. The van der Waals surface area contributed by atoms with Crippen LogP contribution < -0.4 is 5.73 Å². The highest BCUT2D eigenvalue weighted by Gasteiger charge is 2.29. The quantitative estimate of drug-likeness (QED) is 0.924. The van der Waals surface area contributed by atoms with Gasteiger partial charge in [0.1, 0.15) is 0 Å². The van der Waals surface area contributed by atoms with Gasteiger partial charge in [0.25, 0.3) is 0 Å². The first-order chi connectivity index (χ1) is 9.29. The first-order valence-corrected chi connectivity index (χ1v) is 7.97. The number of nitrogens with zero attached hydrogens (tertiary/aromatic N) is 1. The third-order valence-corrected chi connectivity index (χ3v) is 5.14. The monoisotopic (exact) mass is 270 g/mol. The summed E-state index contributed by atoms with van der Waals surface area (Å²) >= 11 is 1.68. The van der Waals surface area contributed by atoms with Crippen molar-refractivity contribution in [1.29, 1.82) is 0 Å². The summed E-state index contributed by atoms with van der Waals surface area (Å²) in [4.78, 5) is 5.92. The van der Waals surface area contributed by atoms with Gasteiger partial charge >= 0.3 is 0 Å². The number of rotatable bonds is 3. The Balaban J connectivity index is 1.64. The second-order valence-corrected chi connectivity index (χ2v) is 6.88. The second kappa shape index (κ2) is 4.34. The Morgan fingerprint density at radius 3 is 2.89 bits per heavy atom. The molecule has 0 radical (unpaired) electrons. The molecule has 0 amide bonds. The fourth-order valence-corrected chi connectivity index (χ4v) is 4.06.